The van der Waals surface area contributed by atoms with Crippen molar-refractivity contribution in [2.45, 2.75) is 12.5 Å². The quantitative estimate of drug-likeness (QED) is 0.738. The van der Waals surface area contributed by atoms with E-state index in [4.69, 9.17) is 0 Å². The van der Waals surface area contributed by atoms with Crippen LogP contribution in [0.4, 0.5) is 0 Å². The standard InChI is InChI=1S/C17H17NS/c1-18-17(12-14-8-5-11-19-14)16-10-4-7-13-6-2-3-9-15(13)16/h2-11,17-18H,12H2,1H3. The minimum absolute atomic E-state index is 0.366. The Morgan fingerprint density at radius 2 is 1.84 bits per heavy atom. The van der Waals surface area contributed by atoms with Gasteiger partial charge in [-0.25, -0.2) is 0 Å². The monoisotopic (exact) mass is 267 g/mol. The maximum absolute atomic E-state index is 3.46. The fourth-order valence-corrected chi connectivity index (χ4v) is 3.30. The van der Waals surface area contributed by atoms with Gasteiger partial charge in [0.05, 0.1) is 0 Å². The highest BCUT2D eigenvalue weighted by Gasteiger charge is 2.13. The second-order valence-electron chi connectivity index (χ2n) is 4.69. The van der Waals surface area contributed by atoms with Crippen molar-refractivity contribution >= 4 is 22.1 Å². The number of likely N-dealkylation sites (N-methyl/N-ethyl adjacent to an activating group) is 1. The average Bonchev–Trinajstić information content (AvgIpc) is 2.97. The minimum atomic E-state index is 0.366. The molecule has 0 spiro atoms. The van der Waals surface area contributed by atoms with Crippen LogP contribution in [0.1, 0.15) is 16.5 Å². The lowest BCUT2D eigenvalue weighted by Crippen LogP contribution is -2.18. The van der Waals surface area contributed by atoms with Gasteiger partial charge in [0.15, 0.2) is 0 Å². The molecule has 2 aromatic carbocycles. The Kier molecular flexibility index (Phi) is 3.62. The summed E-state index contributed by atoms with van der Waals surface area (Å²) in [6.45, 7) is 0. The summed E-state index contributed by atoms with van der Waals surface area (Å²) in [7, 11) is 2.04. The second-order valence-corrected chi connectivity index (χ2v) is 5.73. The third-order valence-electron chi connectivity index (χ3n) is 3.53. The Morgan fingerprint density at radius 3 is 2.63 bits per heavy atom. The van der Waals surface area contributed by atoms with Gasteiger partial charge in [0.25, 0.3) is 0 Å². The van der Waals surface area contributed by atoms with E-state index in [9.17, 15) is 0 Å². The fourth-order valence-electron chi connectivity index (χ4n) is 2.55. The molecule has 3 aromatic rings. The molecular formula is C17H17NS. The van der Waals surface area contributed by atoms with Crippen LogP contribution in [-0.2, 0) is 6.42 Å². The zero-order chi connectivity index (χ0) is 13.1. The Balaban J connectivity index is 2.01. The van der Waals surface area contributed by atoms with Gasteiger partial charge in [-0.15, -0.1) is 11.3 Å². The molecule has 0 fully saturated rings. The molecule has 1 atom stereocenters. The van der Waals surface area contributed by atoms with E-state index in [0.717, 1.165) is 6.42 Å². The zero-order valence-electron chi connectivity index (χ0n) is 11.0. The minimum Gasteiger partial charge on any atom is -0.313 e. The molecule has 0 bridgehead atoms. The lowest BCUT2D eigenvalue weighted by molar-refractivity contribution is 0.601. The summed E-state index contributed by atoms with van der Waals surface area (Å²) in [6.07, 6.45) is 1.04. The van der Waals surface area contributed by atoms with Gasteiger partial charge in [0, 0.05) is 17.3 Å². The Labute approximate surface area is 117 Å². The summed E-state index contributed by atoms with van der Waals surface area (Å²) >= 11 is 1.83. The SMILES string of the molecule is CNC(Cc1cccs1)c1cccc2ccccc12. The Morgan fingerprint density at radius 1 is 1.00 bits per heavy atom. The fraction of sp³-hybridized carbons (Fsp3) is 0.176. The predicted molar refractivity (Wildman–Crippen MR) is 83.8 cm³/mol. The average molecular weight is 267 g/mol. The molecule has 0 aliphatic carbocycles. The molecule has 0 saturated carbocycles. The van der Waals surface area contributed by atoms with Crippen LogP contribution in [0, 0.1) is 0 Å². The molecule has 96 valence electrons. The maximum atomic E-state index is 3.46. The van der Waals surface area contributed by atoms with Crippen LogP contribution in [-0.4, -0.2) is 7.05 Å². The van der Waals surface area contributed by atoms with E-state index in [-0.39, 0.29) is 0 Å². The number of benzene rings is 2. The van der Waals surface area contributed by atoms with Crippen molar-refractivity contribution in [3.05, 3.63) is 70.4 Å². The van der Waals surface area contributed by atoms with Gasteiger partial charge >= 0.3 is 0 Å². The van der Waals surface area contributed by atoms with Crippen molar-refractivity contribution in [1.82, 2.24) is 5.32 Å². The van der Waals surface area contributed by atoms with E-state index in [1.165, 1.54) is 21.2 Å². The van der Waals surface area contributed by atoms with Crippen LogP contribution in [0.2, 0.25) is 0 Å². The molecule has 19 heavy (non-hydrogen) atoms. The van der Waals surface area contributed by atoms with Crippen LogP contribution in [0.15, 0.2) is 60.0 Å². The highest BCUT2D eigenvalue weighted by Crippen LogP contribution is 2.27. The highest BCUT2D eigenvalue weighted by molar-refractivity contribution is 7.09. The first kappa shape index (κ1) is 12.4. The summed E-state index contributed by atoms with van der Waals surface area (Å²) in [5, 5.41) is 8.26. The van der Waals surface area contributed by atoms with Crippen molar-refractivity contribution in [3.63, 3.8) is 0 Å². The first-order chi connectivity index (χ1) is 9.38. The van der Waals surface area contributed by atoms with Crippen molar-refractivity contribution in [1.29, 1.82) is 0 Å². The lowest BCUT2D eigenvalue weighted by Gasteiger charge is -2.18. The number of hydrogen-bond acceptors (Lipinski definition) is 2. The Hall–Kier alpha value is -1.64. The van der Waals surface area contributed by atoms with Crippen LogP contribution in [0.3, 0.4) is 0 Å². The molecular weight excluding hydrogens is 250 g/mol. The number of hydrogen-bond donors (Lipinski definition) is 1. The number of rotatable bonds is 4. The molecule has 0 saturated heterocycles. The molecule has 2 heteroatoms. The summed E-state index contributed by atoms with van der Waals surface area (Å²) in [5.41, 5.74) is 1.38. The van der Waals surface area contributed by atoms with Crippen LogP contribution >= 0.6 is 11.3 Å². The van der Waals surface area contributed by atoms with Gasteiger partial charge in [0.1, 0.15) is 0 Å². The molecule has 0 radical (unpaired) electrons. The number of nitrogens with one attached hydrogen (secondary N) is 1. The van der Waals surface area contributed by atoms with E-state index < -0.39 is 0 Å². The third-order valence-corrected chi connectivity index (χ3v) is 4.43. The van der Waals surface area contributed by atoms with Gasteiger partial charge in [-0.2, -0.15) is 0 Å². The van der Waals surface area contributed by atoms with E-state index in [0.29, 0.717) is 6.04 Å². The van der Waals surface area contributed by atoms with E-state index in [2.05, 4.69) is 65.3 Å². The zero-order valence-corrected chi connectivity index (χ0v) is 11.8. The van der Waals surface area contributed by atoms with Crippen LogP contribution in [0.5, 0.6) is 0 Å². The predicted octanol–water partition coefficient (Wildman–Crippen LogP) is 4.40. The third kappa shape index (κ3) is 2.55. The van der Waals surface area contributed by atoms with Gasteiger partial charge in [-0.1, -0.05) is 48.5 Å². The number of fused-ring (bicyclic) bond motifs is 1. The van der Waals surface area contributed by atoms with E-state index in [1.54, 1.807) is 0 Å². The Bertz CT molecular complexity index is 653. The maximum Gasteiger partial charge on any atom is 0.0372 e. The molecule has 3 rings (SSSR count). The first-order valence-electron chi connectivity index (χ1n) is 6.56. The molecule has 1 N–H and O–H groups in total. The summed E-state index contributed by atoms with van der Waals surface area (Å²) in [4.78, 5) is 1.42. The second kappa shape index (κ2) is 5.55. The van der Waals surface area contributed by atoms with Crippen molar-refractivity contribution in [2.75, 3.05) is 7.05 Å². The van der Waals surface area contributed by atoms with Gasteiger partial charge < -0.3 is 5.32 Å². The molecule has 1 nitrogen and oxygen atoms in total. The van der Waals surface area contributed by atoms with Crippen LogP contribution in [0.25, 0.3) is 10.8 Å². The lowest BCUT2D eigenvalue weighted by atomic mass is 9.96. The van der Waals surface area contributed by atoms with Gasteiger partial charge in [-0.3, -0.25) is 0 Å². The van der Waals surface area contributed by atoms with Crippen molar-refractivity contribution in [3.8, 4) is 0 Å². The topological polar surface area (TPSA) is 12.0 Å². The van der Waals surface area contributed by atoms with E-state index >= 15 is 0 Å². The number of thiophene rings is 1. The molecule has 1 unspecified atom stereocenters. The summed E-state index contributed by atoms with van der Waals surface area (Å²) in [6, 6.07) is 19.9. The largest absolute Gasteiger partial charge is 0.313 e. The van der Waals surface area contributed by atoms with Crippen molar-refractivity contribution < 1.29 is 0 Å². The van der Waals surface area contributed by atoms with Gasteiger partial charge in [-0.05, 0) is 34.8 Å². The van der Waals surface area contributed by atoms with Crippen molar-refractivity contribution in [2.24, 2.45) is 0 Å². The molecule has 1 aromatic heterocycles. The molecule has 0 aliphatic heterocycles. The molecule has 0 amide bonds. The molecule has 0 aliphatic rings. The van der Waals surface area contributed by atoms with Crippen LogP contribution < -0.4 is 5.32 Å². The normalized spacial score (nSPS) is 12.7. The highest BCUT2D eigenvalue weighted by atomic mass is 32.1. The summed E-state index contributed by atoms with van der Waals surface area (Å²) < 4.78 is 0. The van der Waals surface area contributed by atoms with Gasteiger partial charge in [0.2, 0.25) is 0 Å². The van der Waals surface area contributed by atoms with E-state index in [1.807, 2.05) is 18.4 Å². The first-order valence-corrected chi connectivity index (χ1v) is 7.44. The smallest absolute Gasteiger partial charge is 0.0372 e. The molecule has 1 heterocycles. The summed E-state index contributed by atoms with van der Waals surface area (Å²) in [5.74, 6) is 0.